The Morgan fingerprint density at radius 2 is 2.27 bits per heavy atom. The highest BCUT2D eigenvalue weighted by Gasteiger charge is 2.06. The van der Waals surface area contributed by atoms with Gasteiger partial charge in [0, 0.05) is 16.0 Å². The van der Waals surface area contributed by atoms with Crippen LogP contribution in [0.4, 0.5) is 4.39 Å². The van der Waals surface area contributed by atoms with Crippen molar-refractivity contribution in [3.05, 3.63) is 34.6 Å². The van der Waals surface area contributed by atoms with Crippen LogP contribution in [-0.4, -0.2) is 11.8 Å². The zero-order valence-corrected chi connectivity index (χ0v) is 10.2. The van der Waals surface area contributed by atoms with Crippen molar-refractivity contribution >= 4 is 23.4 Å². The Morgan fingerprint density at radius 1 is 1.53 bits per heavy atom. The van der Waals surface area contributed by atoms with Gasteiger partial charge in [0.15, 0.2) is 0 Å². The van der Waals surface area contributed by atoms with Gasteiger partial charge in [0.25, 0.3) is 0 Å². The average Bonchev–Trinajstić information content (AvgIpc) is 2.20. The number of nitrogens with two attached hydrogens (primary N) is 1. The SMILES string of the molecule is CC(CCN)SCc1cc(F)ccc1Cl. The van der Waals surface area contributed by atoms with Crippen molar-refractivity contribution in [2.24, 2.45) is 5.73 Å². The van der Waals surface area contributed by atoms with Crippen LogP contribution in [0, 0.1) is 5.82 Å². The normalized spacial score (nSPS) is 12.8. The molecule has 0 spiro atoms. The molecule has 0 saturated heterocycles. The van der Waals surface area contributed by atoms with Crippen molar-refractivity contribution in [2.75, 3.05) is 6.54 Å². The Labute approximate surface area is 99.2 Å². The van der Waals surface area contributed by atoms with E-state index in [1.54, 1.807) is 17.8 Å². The molecule has 1 rings (SSSR count). The summed E-state index contributed by atoms with van der Waals surface area (Å²) in [4.78, 5) is 0. The van der Waals surface area contributed by atoms with Crippen molar-refractivity contribution < 1.29 is 4.39 Å². The molecule has 2 N–H and O–H groups in total. The Morgan fingerprint density at radius 3 is 2.93 bits per heavy atom. The zero-order chi connectivity index (χ0) is 11.3. The lowest BCUT2D eigenvalue weighted by Gasteiger charge is -2.10. The van der Waals surface area contributed by atoms with Crippen LogP contribution in [-0.2, 0) is 5.75 Å². The van der Waals surface area contributed by atoms with E-state index in [0.717, 1.165) is 17.7 Å². The number of rotatable bonds is 5. The van der Waals surface area contributed by atoms with Gasteiger partial charge >= 0.3 is 0 Å². The third kappa shape index (κ3) is 4.41. The van der Waals surface area contributed by atoms with E-state index >= 15 is 0 Å². The second-order valence-corrected chi connectivity index (χ2v) is 5.27. The summed E-state index contributed by atoms with van der Waals surface area (Å²) in [5, 5.41) is 1.11. The van der Waals surface area contributed by atoms with Gasteiger partial charge in [0.2, 0.25) is 0 Å². The average molecular weight is 248 g/mol. The van der Waals surface area contributed by atoms with E-state index in [1.807, 2.05) is 0 Å². The molecule has 0 aliphatic heterocycles. The molecule has 0 bridgehead atoms. The summed E-state index contributed by atoms with van der Waals surface area (Å²) in [6.07, 6.45) is 0.970. The van der Waals surface area contributed by atoms with E-state index in [4.69, 9.17) is 17.3 Å². The van der Waals surface area contributed by atoms with E-state index in [0.29, 0.717) is 16.8 Å². The van der Waals surface area contributed by atoms with E-state index in [2.05, 4.69) is 6.92 Å². The molecule has 0 aliphatic carbocycles. The Bertz CT molecular complexity index is 319. The van der Waals surface area contributed by atoms with E-state index in [1.165, 1.54) is 12.1 Å². The molecule has 1 atom stereocenters. The number of hydrogen-bond acceptors (Lipinski definition) is 2. The highest BCUT2D eigenvalue weighted by Crippen LogP contribution is 2.25. The lowest BCUT2D eigenvalue weighted by Crippen LogP contribution is -2.07. The fourth-order valence-electron chi connectivity index (χ4n) is 1.20. The number of halogens is 2. The molecule has 1 unspecified atom stereocenters. The Kier molecular flexibility index (Phi) is 5.43. The Balaban J connectivity index is 2.53. The first-order valence-electron chi connectivity index (χ1n) is 4.89. The van der Waals surface area contributed by atoms with Crippen LogP contribution >= 0.6 is 23.4 Å². The maximum Gasteiger partial charge on any atom is 0.123 e. The van der Waals surface area contributed by atoms with Crippen LogP contribution in [0.5, 0.6) is 0 Å². The lowest BCUT2D eigenvalue weighted by atomic mass is 10.2. The minimum absolute atomic E-state index is 0.235. The van der Waals surface area contributed by atoms with Gasteiger partial charge in [-0.2, -0.15) is 11.8 Å². The molecular formula is C11H15ClFNS. The third-order valence-electron chi connectivity index (χ3n) is 2.10. The molecule has 4 heteroatoms. The first-order valence-corrected chi connectivity index (χ1v) is 6.31. The maximum absolute atomic E-state index is 12.9. The fraction of sp³-hybridized carbons (Fsp3) is 0.455. The summed E-state index contributed by atoms with van der Waals surface area (Å²) in [5.41, 5.74) is 6.31. The topological polar surface area (TPSA) is 26.0 Å². The van der Waals surface area contributed by atoms with Crippen molar-refractivity contribution in [1.29, 1.82) is 0 Å². The molecule has 1 nitrogen and oxygen atoms in total. The van der Waals surface area contributed by atoms with Crippen molar-refractivity contribution in [3.8, 4) is 0 Å². The van der Waals surface area contributed by atoms with Crippen LogP contribution in [0.1, 0.15) is 18.9 Å². The predicted molar refractivity (Wildman–Crippen MR) is 65.8 cm³/mol. The Hall–Kier alpha value is -0.250. The first kappa shape index (κ1) is 12.8. The summed E-state index contributed by atoms with van der Waals surface area (Å²) in [7, 11) is 0. The molecule has 15 heavy (non-hydrogen) atoms. The van der Waals surface area contributed by atoms with Gasteiger partial charge in [0.1, 0.15) is 5.82 Å². The molecule has 0 radical (unpaired) electrons. The second-order valence-electron chi connectivity index (χ2n) is 3.43. The van der Waals surface area contributed by atoms with Crippen LogP contribution in [0.2, 0.25) is 5.02 Å². The number of benzene rings is 1. The van der Waals surface area contributed by atoms with Crippen LogP contribution in [0.15, 0.2) is 18.2 Å². The lowest BCUT2D eigenvalue weighted by molar-refractivity contribution is 0.626. The minimum atomic E-state index is -0.235. The van der Waals surface area contributed by atoms with Gasteiger partial charge in [-0.05, 0) is 36.7 Å². The van der Waals surface area contributed by atoms with Gasteiger partial charge in [-0.25, -0.2) is 4.39 Å². The van der Waals surface area contributed by atoms with Crippen molar-refractivity contribution in [3.63, 3.8) is 0 Å². The van der Waals surface area contributed by atoms with Gasteiger partial charge in [-0.3, -0.25) is 0 Å². The molecule has 0 aliphatic rings. The van der Waals surface area contributed by atoms with Crippen LogP contribution in [0.25, 0.3) is 0 Å². The van der Waals surface area contributed by atoms with Crippen molar-refractivity contribution in [1.82, 2.24) is 0 Å². The van der Waals surface area contributed by atoms with E-state index in [-0.39, 0.29) is 5.82 Å². The van der Waals surface area contributed by atoms with Crippen LogP contribution < -0.4 is 5.73 Å². The quantitative estimate of drug-likeness (QED) is 0.863. The minimum Gasteiger partial charge on any atom is -0.330 e. The second kappa shape index (κ2) is 6.36. The smallest absolute Gasteiger partial charge is 0.123 e. The summed E-state index contributed by atoms with van der Waals surface area (Å²) in [6, 6.07) is 4.46. The summed E-state index contributed by atoms with van der Waals surface area (Å²) in [6.45, 7) is 2.80. The molecule has 1 aromatic carbocycles. The molecule has 0 fully saturated rings. The largest absolute Gasteiger partial charge is 0.330 e. The number of thioether (sulfide) groups is 1. The monoisotopic (exact) mass is 247 g/mol. The van der Waals surface area contributed by atoms with Gasteiger partial charge in [0.05, 0.1) is 0 Å². The third-order valence-corrected chi connectivity index (χ3v) is 3.76. The summed E-state index contributed by atoms with van der Waals surface area (Å²) >= 11 is 7.70. The highest BCUT2D eigenvalue weighted by atomic mass is 35.5. The summed E-state index contributed by atoms with van der Waals surface area (Å²) < 4.78 is 12.9. The standard InChI is InChI=1S/C11H15ClFNS/c1-8(4-5-14)15-7-9-6-10(13)2-3-11(9)12/h2-3,6,8H,4-5,7,14H2,1H3. The molecule has 0 amide bonds. The molecule has 0 saturated carbocycles. The van der Waals surface area contributed by atoms with Gasteiger partial charge in [-0.1, -0.05) is 18.5 Å². The van der Waals surface area contributed by atoms with Gasteiger partial charge < -0.3 is 5.73 Å². The van der Waals surface area contributed by atoms with Crippen molar-refractivity contribution in [2.45, 2.75) is 24.3 Å². The van der Waals surface area contributed by atoms with Crippen LogP contribution in [0.3, 0.4) is 0 Å². The number of hydrogen-bond donors (Lipinski definition) is 1. The highest BCUT2D eigenvalue weighted by molar-refractivity contribution is 7.99. The summed E-state index contributed by atoms with van der Waals surface area (Å²) in [5.74, 6) is 0.499. The molecular weight excluding hydrogens is 233 g/mol. The molecule has 1 aromatic rings. The maximum atomic E-state index is 12.9. The molecule has 0 heterocycles. The van der Waals surface area contributed by atoms with E-state index in [9.17, 15) is 4.39 Å². The first-order chi connectivity index (χ1) is 7.13. The predicted octanol–water partition coefficient (Wildman–Crippen LogP) is 3.45. The fourth-order valence-corrected chi connectivity index (χ4v) is 2.47. The van der Waals surface area contributed by atoms with E-state index < -0.39 is 0 Å². The van der Waals surface area contributed by atoms with Gasteiger partial charge in [-0.15, -0.1) is 0 Å². The molecule has 84 valence electrons. The molecule has 0 aromatic heterocycles. The zero-order valence-electron chi connectivity index (χ0n) is 8.67.